The van der Waals surface area contributed by atoms with Gasteiger partial charge in [-0.3, -0.25) is 10.9 Å². The molecule has 0 aliphatic heterocycles. The van der Waals surface area contributed by atoms with Crippen molar-refractivity contribution in [1.82, 2.24) is 5.43 Å². The SMILES string of the molecule is S=C(NNc1ccc(Cl)cc1)Nc1ccc(Cl)cc1. The summed E-state index contributed by atoms with van der Waals surface area (Å²) in [5.74, 6) is 0. The summed E-state index contributed by atoms with van der Waals surface area (Å²) in [4.78, 5) is 0. The number of hydrazine groups is 1. The third-order valence-electron chi connectivity index (χ3n) is 2.27. The Morgan fingerprint density at radius 2 is 1.26 bits per heavy atom. The third kappa shape index (κ3) is 4.59. The Bertz CT molecular complexity index is 555. The maximum Gasteiger partial charge on any atom is 0.189 e. The fourth-order valence-electron chi connectivity index (χ4n) is 1.36. The minimum Gasteiger partial charge on any atom is -0.331 e. The smallest absolute Gasteiger partial charge is 0.189 e. The Hall–Kier alpha value is -1.49. The first-order valence-electron chi connectivity index (χ1n) is 5.47. The summed E-state index contributed by atoms with van der Waals surface area (Å²) in [7, 11) is 0. The normalized spacial score (nSPS) is 9.79. The summed E-state index contributed by atoms with van der Waals surface area (Å²) in [5.41, 5.74) is 7.57. The van der Waals surface area contributed by atoms with Gasteiger partial charge in [0.25, 0.3) is 0 Å². The molecule has 0 saturated heterocycles. The number of rotatable bonds is 3. The number of thiocarbonyl (C=S) groups is 1. The number of halogens is 2. The second-order valence-corrected chi connectivity index (χ2v) is 5.00. The number of anilines is 2. The molecule has 0 amide bonds. The molecule has 2 rings (SSSR count). The molecule has 0 spiro atoms. The predicted molar refractivity (Wildman–Crippen MR) is 85.9 cm³/mol. The van der Waals surface area contributed by atoms with E-state index in [9.17, 15) is 0 Å². The average molecular weight is 312 g/mol. The summed E-state index contributed by atoms with van der Waals surface area (Å²) in [6, 6.07) is 14.6. The molecule has 0 fully saturated rings. The van der Waals surface area contributed by atoms with Gasteiger partial charge in [-0.15, -0.1) is 0 Å². The molecule has 2 aromatic rings. The molecule has 0 aliphatic carbocycles. The number of nitrogens with one attached hydrogen (secondary N) is 3. The lowest BCUT2D eigenvalue weighted by molar-refractivity contribution is 1.14. The Labute approximate surface area is 126 Å². The van der Waals surface area contributed by atoms with Gasteiger partial charge in [-0.05, 0) is 60.7 Å². The highest BCUT2D eigenvalue weighted by atomic mass is 35.5. The first-order valence-corrected chi connectivity index (χ1v) is 6.64. The van der Waals surface area contributed by atoms with Crippen LogP contribution in [0.15, 0.2) is 48.5 Å². The van der Waals surface area contributed by atoms with E-state index in [1.54, 1.807) is 24.3 Å². The van der Waals surface area contributed by atoms with Gasteiger partial charge in [-0.1, -0.05) is 23.2 Å². The zero-order valence-electron chi connectivity index (χ0n) is 9.78. The number of benzene rings is 2. The molecule has 0 atom stereocenters. The van der Waals surface area contributed by atoms with Gasteiger partial charge < -0.3 is 5.32 Å². The first kappa shape index (κ1) is 13.9. The van der Waals surface area contributed by atoms with Crippen LogP contribution in [-0.2, 0) is 0 Å². The van der Waals surface area contributed by atoms with Crippen LogP contribution in [0, 0.1) is 0 Å². The van der Waals surface area contributed by atoms with Crippen LogP contribution in [0.5, 0.6) is 0 Å². The van der Waals surface area contributed by atoms with Gasteiger partial charge >= 0.3 is 0 Å². The Balaban J connectivity index is 1.84. The van der Waals surface area contributed by atoms with E-state index in [4.69, 9.17) is 35.4 Å². The van der Waals surface area contributed by atoms with E-state index in [0.717, 1.165) is 11.4 Å². The molecule has 2 aromatic carbocycles. The summed E-state index contributed by atoms with van der Waals surface area (Å²) >= 11 is 16.8. The van der Waals surface area contributed by atoms with E-state index >= 15 is 0 Å². The third-order valence-corrected chi connectivity index (χ3v) is 2.97. The highest BCUT2D eigenvalue weighted by molar-refractivity contribution is 7.80. The molecule has 0 unspecified atom stereocenters. The van der Waals surface area contributed by atoms with Gasteiger partial charge in [-0.2, -0.15) is 0 Å². The fourth-order valence-corrected chi connectivity index (χ4v) is 1.78. The monoisotopic (exact) mass is 311 g/mol. The van der Waals surface area contributed by atoms with Crippen LogP contribution < -0.4 is 16.2 Å². The van der Waals surface area contributed by atoms with Crippen molar-refractivity contribution in [3.8, 4) is 0 Å². The Morgan fingerprint density at radius 1 is 0.789 bits per heavy atom. The van der Waals surface area contributed by atoms with E-state index in [1.807, 2.05) is 24.3 Å². The first-order chi connectivity index (χ1) is 9.13. The van der Waals surface area contributed by atoms with Crippen molar-refractivity contribution in [2.45, 2.75) is 0 Å². The van der Waals surface area contributed by atoms with Crippen LogP contribution in [0.3, 0.4) is 0 Å². The van der Waals surface area contributed by atoms with Gasteiger partial charge in [0.1, 0.15) is 0 Å². The maximum atomic E-state index is 5.80. The molecule has 0 bridgehead atoms. The van der Waals surface area contributed by atoms with Gasteiger partial charge in [-0.25, -0.2) is 0 Å². The van der Waals surface area contributed by atoms with Crippen molar-refractivity contribution in [3.63, 3.8) is 0 Å². The van der Waals surface area contributed by atoms with Crippen molar-refractivity contribution < 1.29 is 0 Å². The maximum absolute atomic E-state index is 5.80. The molecule has 0 aliphatic rings. The van der Waals surface area contributed by atoms with Crippen molar-refractivity contribution >= 4 is 51.9 Å². The van der Waals surface area contributed by atoms with E-state index in [1.165, 1.54) is 0 Å². The van der Waals surface area contributed by atoms with E-state index in [0.29, 0.717) is 15.2 Å². The largest absolute Gasteiger partial charge is 0.331 e. The van der Waals surface area contributed by atoms with Gasteiger partial charge in [0.05, 0.1) is 5.69 Å². The highest BCUT2D eigenvalue weighted by Gasteiger charge is 1.97. The fraction of sp³-hybridized carbons (Fsp3) is 0. The molecule has 0 radical (unpaired) electrons. The zero-order chi connectivity index (χ0) is 13.7. The molecule has 0 heterocycles. The van der Waals surface area contributed by atoms with Crippen LogP contribution >= 0.6 is 35.4 Å². The quantitative estimate of drug-likeness (QED) is 0.583. The summed E-state index contributed by atoms with van der Waals surface area (Å²) in [6.07, 6.45) is 0. The van der Waals surface area contributed by atoms with E-state index in [-0.39, 0.29) is 0 Å². The topological polar surface area (TPSA) is 36.1 Å². The number of hydrogen-bond donors (Lipinski definition) is 3. The van der Waals surface area contributed by atoms with Crippen molar-refractivity contribution in [2.24, 2.45) is 0 Å². The number of hydrogen-bond acceptors (Lipinski definition) is 2. The molecular formula is C13H11Cl2N3S. The van der Waals surface area contributed by atoms with Crippen LogP contribution in [0.1, 0.15) is 0 Å². The standard InChI is InChI=1S/C13H11Cl2N3S/c14-9-1-5-11(6-2-9)16-13(19)18-17-12-7-3-10(15)4-8-12/h1-8,17H,(H2,16,18,19). The lowest BCUT2D eigenvalue weighted by Gasteiger charge is -2.12. The molecule has 3 nitrogen and oxygen atoms in total. The molecule has 0 aromatic heterocycles. The zero-order valence-corrected chi connectivity index (χ0v) is 12.1. The second-order valence-electron chi connectivity index (χ2n) is 3.72. The van der Waals surface area contributed by atoms with E-state index < -0.39 is 0 Å². The van der Waals surface area contributed by atoms with Gasteiger partial charge in [0.2, 0.25) is 0 Å². The van der Waals surface area contributed by atoms with Crippen LogP contribution in [0.4, 0.5) is 11.4 Å². The lowest BCUT2D eigenvalue weighted by atomic mass is 10.3. The summed E-state index contributed by atoms with van der Waals surface area (Å²) < 4.78 is 0. The molecule has 98 valence electrons. The highest BCUT2D eigenvalue weighted by Crippen LogP contribution is 2.14. The second kappa shape index (κ2) is 6.61. The molecule has 0 saturated carbocycles. The summed E-state index contributed by atoms with van der Waals surface area (Å²) in [5, 5.41) is 4.85. The molecule has 19 heavy (non-hydrogen) atoms. The molecule has 3 N–H and O–H groups in total. The Morgan fingerprint density at radius 3 is 1.79 bits per heavy atom. The minimum atomic E-state index is 0.456. The minimum absolute atomic E-state index is 0.456. The summed E-state index contributed by atoms with van der Waals surface area (Å²) in [6.45, 7) is 0. The Kier molecular flexibility index (Phi) is 4.85. The van der Waals surface area contributed by atoms with Crippen LogP contribution in [0.25, 0.3) is 0 Å². The van der Waals surface area contributed by atoms with Crippen molar-refractivity contribution in [1.29, 1.82) is 0 Å². The average Bonchev–Trinajstić information content (AvgIpc) is 2.41. The van der Waals surface area contributed by atoms with Gasteiger partial charge in [0.15, 0.2) is 5.11 Å². The van der Waals surface area contributed by atoms with Gasteiger partial charge in [0, 0.05) is 15.7 Å². The van der Waals surface area contributed by atoms with Crippen LogP contribution in [-0.4, -0.2) is 5.11 Å². The molecular weight excluding hydrogens is 301 g/mol. The lowest BCUT2D eigenvalue weighted by Crippen LogP contribution is -2.33. The van der Waals surface area contributed by atoms with Crippen molar-refractivity contribution in [3.05, 3.63) is 58.6 Å². The van der Waals surface area contributed by atoms with Crippen LogP contribution in [0.2, 0.25) is 10.0 Å². The molecule has 6 heteroatoms. The van der Waals surface area contributed by atoms with Crippen molar-refractivity contribution in [2.75, 3.05) is 10.7 Å². The van der Waals surface area contributed by atoms with E-state index in [2.05, 4.69) is 16.2 Å². The predicted octanol–water partition coefficient (Wildman–Crippen LogP) is 4.31.